The molecule has 0 aliphatic carbocycles. The molecule has 0 atom stereocenters. The van der Waals surface area contributed by atoms with Gasteiger partial charge in [0.05, 0.1) is 16.7 Å². The predicted octanol–water partition coefficient (Wildman–Crippen LogP) is 13.8. The molecule has 12 rings (SSSR count). The van der Waals surface area contributed by atoms with Gasteiger partial charge >= 0.3 is 0 Å². The van der Waals surface area contributed by atoms with Gasteiger partial charge in [-0.25, -0.2) is 15.0 Å². The van der Waals surface area contributed by atoms with Crippen molar-refractivity contribution in [3.8, 4) is 51.0 Å². The second kappa shape index (κ2) is 12.8. The van der Waals surface area contributed by atoms with Crippen molar-refractivity contribution in [2.45, 2.75) is 0 Å². The van der Waals surface area contributed by atoms with E-state index in [4.69, 9.17) is 19.4 Å². The Morgan fingerprint density at radius 3 is 1.67 bits per heavy atom. The van der Waals surface area contributed by atoms with Gasteiger partial charge in [-0.2, -0.15) is 0 Å². The number of fused-ring (bicyclic) bond motifs is 9. The lowest BCUT2D eigenvalue weighted by molar-refractivity contribution is 0.666. The van der Waals surface area contributed by atoms with Crippen LogP contribution in [0.3, 0.4) is 0 Å². The van der Waals surface area contributed by atoms with E-state index in [9.17, 15) is 0 Å². The molecule has 0 fully saturated rings. The fourth-order valence-corrected chi connectivity index (χ4v) is 8.62. The van der Waals surface area contributed by atoms with Crippen LogP contribution in [0.15, 0.2) is 199 Å². The van der Waals surface area contributed by atoms with Crippen LogP contribution in [0.2, 0.25) is 0 Å². The van der Waals surface area contributed by atoms with Crippen molar-refractivity contribution < 1.29 is 4.42 Å². The maximum Gasteiger partial charge on any atom is 0.164 e. The second-order valence-corrected chi connectivity index (χ2v) is 14.8. The third-order valence-electron chi connectivity index (χ3n) is 11.4. The Hall–Kier alpha value is -7.89. The Bertz CT molecular complexity index is 3550. The van der Waals surface area contributed by atoms with Crippen LogP contribution in [-0.2, 0) is 0 Å². The van der Waals surface area contributed by atoms with Crippen molar-refractivity contribution in [3.05, 3.63) is 194 Å². The molecule has 0 bridgehead atoms. The Kier molecular flexibility index (Phi) is 7.16. The molecule has 9 aromatic carbocycles. The fourth-order valence-electron chi connectivity index (χ4n) is 8.62. The highest BCUT2D eigenvalue weighted by Crippen LogP contribution is 2.42. The van der Waals surface area contributed by atoms with Gasteiger partial charge in [-0.3, -0.25) is 0 Å². The lowest BCUT2D eigenvalue weighted by Gasteiger charge is -2.09. The maximum atomic E-state index is 6.83. The van der Waals surface area contributed by atoms with Crippen molar-refractivity contribution in [2.24, 2.45) is 0 Å². The summed E-state index contributed by atoms with van der Waals surface area (Å²) in [6.45, 7) is 0. The normalized spacial score (nSPS) is 11.8. The molecule has 0 aliphatic heterocycles. The minimum absolute atomic E-state index is 0.601. The Morgan fingerprint density at radius 2 is 0.914 bits per heavy atom. The number of benzene rings is 9. The first kappa shape index (κ1) is 32.4. The minimum atomic E-state index is 0.601. The highest BCUT2D eigenvalue weighted by Gasteiger charge is 2.21. The zero-order valence-electron chi connectivity index (χ0n) is 31.2. The summed E-state index contributed by atoms with van der Waals surface area (Å²) in [5, 5.41) is 9.36. The first-order chi connectivity index (χ1) is 28.7. The van der Waals surface area contributed by atoms with Gasteiger partial charge in [0.2, 0.25) is 0 Å². The summed E-state index contributed by atoms with van der Waals surface area (Å²) in [6.07, 6.45) is 0. The van der Waals surface area contributed by atoms with Crippen LogP contribution in [0.25, 0.3) is 116 Å². The molecule has 5 heteroatoms. The number of hydrogen-bond acceptors (Lipinski definition) is 4. The summed E-state index contributed by atoms with van der Waals surface area (Å²) < 4.78 is 9.21. The molecule has 3 aromatic heterocycles. The molecule has 0 spiro atoms. The van der Waals surface area contributed by atoms with Crippen molar-refractivity contribution in [1.82, 2.24) is 19.5 Å². The number of nitrogens with zero attached hydrogens (tertiary/aromatic N) is 4. The highest BCUT2D eigenvalue weighted by atomic mass is 16.3. The van der Waals surface area contributed by atoms with E-state index in [2.05, 4.69) is 156 Å². The molecule has 270 valence electrons. The van der Waals surface area contributed by atoms with Crippen molar-refractivity contribution in [3.63, 3.8) is 0 Å². The standard InChI is InChI=1S/C53H32N4O/c1-3-12-33(13-4-1)34-22-24-37(25-23-34)52-54-51(36-15-5-2-6-16-36)55-53(56-52)40-27-29-48-43(31-40)42-20-11-21-46(50(42)58-48)57-45-28-26-35-14-9-10-19-41(35)49(45)44-30-38-17-7-8-18-39(38)32-47(44)57/h1-32H. The molecule has 0 saturated carbocycles. The first-order valence-electron chi connectivity index (χ1n) is 19.5. The SMILES string of the molecule is c1ccc(-c2ccc(-c3nc(-c4ccccc4)nc(-c4ccc5oc6c(-n7c8cc9ccccc9cc8c8c9ccccc9ccc87)cccc6c5c4)n3)cc2)cc1. The molecular formula is C53H32N4O. The second-order valence-electron chi connectivity index (χ2n) is 14.8. The van der Waals surface area contributed by atoms with Crippen LogP contribution in [-0.4, -0.2) is 19.5 Å². The largest absolute Gasteiger partial charge is 0.454 e. The maximum absolute atomic E-state index is 6.83. The summed E-state index contributed by atoms with van der Waals surface area (Å²) >= 11 is 0. The van der Waals surface area contributed by atoms with Gasteiger partial charge in [0, 0.05) is 38.2 Å². The quantitative estimate of drug-likeness (QED) is 0.176. The molecule has 0 aliphatic rings. The van der Waals surface area contributed by atoms with E-state index in [1.54, 1.807) is 0 Å². The van der Waals surface area contributed by atoms with Crippen molar-refractivity contribution >= 4 is 65.3 Å². The monoisotopic (exact) mass is 740 g/mol. The summed E-state index contributed by atoms with van der Waals surface area (Å²) in [4.78, 5) is 15.1. The van der Waals surface area contributed by atoms with E-state index in [0.717, 1.165) is 60.9 Å². The van der Waals surface area contributed by atoms with E-state index in [0.29, 0.717) is 17.5 Å². The predicted molar refractivity (Wildman–Crippen MR) is 238 cm³/mol. The van der Waals surface area contributed by atoms with Gasteiger partial charge in [0.25, 0.3) is 0 Å². The van der Waals surface area contributed by atoms with Crippen LogP contribution in [0.1, 0.15) is 0 Å². The van der Waals surface area contributed by atoms with E-state index in [1.807, 2.05) is 42.5 Å². The number of furan rings is 1. The van der Waals surface area contributed by atoms with Gasteiger partial charge in [-0.15, -0.1) is 0 Å². The molecule has 0 saturated heterocycles. The van der Waals surface area contributed by atoms with Crippen LogP contribution in [0.5, 0.6) is 0 Å². The van der Waals surface area contributed by atoms with E-state index in [1.165, 1.54) is 37.9 Å². The van der Waals surface area contributed by atoms with Crippen LogP contribution in [0.4, 0.5) is 0 Å². The minimum Gasteiger partial charge on any atom is -0.454 e. The summed E-state index contributed by atoms with van der Waals surface area (Å²) in [5.74, 6) is 1.84. The van der Waals surface area contributed by atoms with Gasteiger partial charge < -0.3 is 8.98 Å². The average Bonchev–Trinajstić information content (AvgIpc) is 3.84. The van der Waals surface area contributed by atoms with Gasteiger partial charge in [-0.1, -0.05) is 152 Å². The zero-order chi connectivity index (χ0) is 38.2. The molecule has 0 N–H and O–H groups in total. The molecule has 12 aromatic rings. The Balaban J connectivity index is 1.04. The van der Waals surface area contributed by atoms with Gasteiger partial charge in [0.1, 0.15) is 5.58 Å². The molecule has 0 unspecified atom stereocenters. The van der Waals surface area contributed by atoms with E-state index < -0.39 is 0 Å². The highest BCUT2D eigenvalue weighted by molar-refractivity contribution is 6.24. The summed E-state index contributed by atoms with van der Waals surface area (Å²) in [5.41, 5.74) is 9.95. The van der Waals surface area contributed by atoms with Crippen LogP contribution < -0.4 is 0 Å². The third-order valence-corrected chi connectivity index (χ3v) is 11.4. The molecule has 58 heavy (non-hydrogen) atoms. The van der Waals surface area contributed by atoms with Crippen molar-refractivity contribution in [2.75, 3.05) is 0 Å². The number of hydrogen-bond donors (Lipinski definition) is 0. The zero-order valence-corrected chi connectivity index (χ0v) is 31.2. The average molecular weight is 741 g/mol. The molecule has 3 heterocycles. The van der Waals surface area contributed by atoms with Crippen LogP contribution >= 0.6 is 0 Å². The van der Waals surface area contributed by atoms with Crippen molar-refractivity contribution in [1.29, 1.82) is 0 Å². The lowest BCUT2D eigenvalue weighted by atomic mass is 10.0. The molecule has 5 nitrogen and oxygen atoms in total. The van der Waals surface area contributed by atoms with E-state index in [-0.39, 0.29) is 0 Å². The summed E-state index contributed by atoms with van der Waals surface area (Å²) in [6, 6.07) is 68.0. The Labute approximate surface area is 333 Å². The van der Waals surface area contributed by atoms with E-state index >= 15 is 0 Å². The third kappa shape index (κ3) is 5.14. The lowest BCUT2D eigenvalue weighted by Crippen LogP contribution is -2.00. The molecule has 0 amide bonds. The number of para-hydroxylation sites is 1. The first-order valence-corrected chi connectivity index (χ1v) is 19.5. The number of aromatic nitrogens is 4. The van der Waals surface area contributed by atoms with Gasteiger partial charge in [0.15, 0.2) is 23.1 Å². The Morgan fingerprint density at radius 1 is 0.345 bits per heavy atom. The van der Waals surface area contributed by atoms with Gasteiger partial charge in [-0.05, 0) is 75.1 Å². The topological polar surface area (TPSA) is 56.7 Å². The molecule has 0 radical (unpaired) electrons. The molecular weight excluding hydrogens is 709 g/mol. The smallest absolute Gasteiger partial charge is 0.164 e. The number of rotatable bonds is 5. The summed E-state index contributed by atoms with van der Waals surface area (Å²) in [7, 11) is 0. The van der Waals surface area contributed by atoms with Crippen LogP contribution in [0, 0.1) is 0 Å². The fraction of sp³-hybridized carbons (Fsp3) is 0.